The van der Waals surface area contributed by atoms with Gasteiger partial charge < -0.3 is 18.9 Å². The number of benzene rings is 4. The van der Waals surface area contributed by atoms with Crippen molar-refractivity contribution >= 4 is 34.6 Å². The highest BCUT2D eigenvalue weighted by molar-refractivity contribution is 5.76. The maximum absolute atomic E-state index is 6.45. The summed E-state index contributed by atoms with van der Waals surface area (Å²) in [5.41, 5.74) is 9.36. The third kappa shape index (κ3) is 15.8. The summed E-state index contributed by atoms with van der Waals surface area (Å²) >= 11 is 0. The maximum atomic E-state index is 6.45. The van der Waals surface area contributed by atoms with E-state index in [0.717, 1.165) is 94.1 Å². The minimum absolute atomic E-state index is 0.0393. The van der Waals surface area contributed by atoms with Gasteiger partial charge >= 0.3 is 0 Å². The van der Waals surface area contributed by atoms with Gasteiger partial charge in [0.15, 0.2) is 0 Å². The molecule has 3 atom stereocenters. The predicted molar refractivity (Wildman–Crippen MR) is 267 cm³/mol. The van der Waals surface area contributed by atoms with Gasteiger partial charge in [0.2, 0.25) is 5.95 Å². The molecule has 1 aromatic heterocycles. The van der Waals surface area contributed by atoms with E-state index in [-0.39, 0.29) is 12.2 Å². The first-order valence-electron chi connectivity index (χ1n) is 25.4. The van der Waals surface area contributed by atoms with Gasteiger partial charge in [-0.2, -0.15) is 4.98 Å². The number of unbranched alkanes of at least 4 members (excludes halogenated alkanes) is 11. The van der Waals surface area contributed by atoms with Crippen LogP contribution in [0.1, 0.15) is 152 Å². The van der Waals surface area contributed by atoms with E-state index in [4.69, 9.17) is 29.0 Å². The van der Waals surface area contributed by atoms with E-state index in [2.05, 4.69) is 133 Å². The van der Waals surface area contributed by atoms with Crippen LogP contribution in [0.15, 0.2) is 97.1 Å². The molecule has 2 saturated heterocycles. The molecule has 9 nitrogen and oxygen atoms in total. The van der Waals surface area contributed by atoms with Crippen LogP contribution in [0.25, 0.3) is 0 Å². The van der Waals surface area contributed by atoms with Crippen molar-refractivity contribution in [2.45, 2.75) is 161 Å². The third-order valence-electron chi connectivity index (χ3n) is 12.8. The molecule has 7 rings (SSSR count). The zero-order valence-electron chi connectivity index (χ0n) is 39.9. The van der Waals surface area contributed by atoms with E-state index in [0.29, 0.717) is 24.6 Å². The van der Waals surface area contributed by atoms with Crippen molar-refractivity contribution in [2.24, 2.45) is 0 Å². The first-order chi connectivity index (χ1) is 32.1. The lowest BCUT2D eigenvalue weighted by atomic mass is 10.0. The number of H-pyrrole nitrogens is 1. The van der Waals surface area contributed by atoms with Gasteiger partial charge in [0.05, 0.1) is 32.5 Å². The zero-order valence-corrected chi connectivity index (χ0v) is 39.9. The van der Waals surface area contributed by atoms with Crippen LogP contribution in [0.4, 0.5) is 34.6 Å². The highest BCUT2D eigenvalue weighted by Gasteiger charge is 2.26. The number of hydrogen-bond donors (Lipinski definition) is 1. The lowest BCUT2D eigenvalue weighted by molar-refractivity contribution is 0.0347. The van der Waals surface area contributed by atoms with E-state index in [1.165, 1.54) is 99.3 Å². The van der Waals surface area contributed by atoms with Gasteiger partial charge in [0, 0.05) is 29.4 Å². The van der Waals surface area contributed by atoms with Gasteiger partial charge in [-0.3, -0.25) is 9.80 Å². The first kappa shape index (κ1) is 48.4. The fourth-order valence-corrected chi connectivity index (χ4v) is 8.58. The van der Waals surface area contributed by atoms with Gasteiger partial charge in [-0.25, -0.2) is 5.10 Å². The Balaban J connectivity index is 1.13. The van der Waals surface area contributed by atoms with Crippen LogP contribution in [0, 0.1) is 0 Å². The number of epoxide rings is 2. The topological polar surface area (TPSA) is 91.6 Å². The SMILES string of the molecule is CCCCCCc1ccc(N(c2ccc(CCCCCCOCC3CO3)cc2)c2n[nH]c(N(c3ccc(CCCCCC)cc3)c3ccc(C(CCCCC)OCC4CO4)cc3)n2)cc1. The van der Waals surface area contributed by atoms with Crippen LogP contribution in [0.3, 0.4) is 0 Å². The highest BCUT2D eigenvalue weighted by Crippen LogP contribution is 2.38. The van der Waals surface area contributed by atoms with Crippen LogP contribution in [-0.2, 0) is 38.2 Å². The Morgan fingerprint density at radius 3 is 1.49 bits per heavy atom. The number of aryl methyl sites for hydroxylation is 3. The van der Waals surface area contributed by atoms with Crippen LogP contribution < -0.4 is 9.80 Å². The van der Waals surface area contributed by atoms with E-state index in [1.54, 1.807) is 0 Å². The van der Waals surface area contributed by atoms with Crippen molar-refractivity contribution in [3.05, 3.63) is 119 Å². The van der Waals surface area contributed by atoms with Gasteiger partial charge in [-0.05, 0) is 122 Å². The second-order valence-corrected chi connectivity index (χ2v) is 18.3. The van der Waals surface area contributed by atoms with Crippen LogP contribution in [0.2, 0.25) is 0 Å². The molecule has 0 amide bonds. The van der Waals surface area contributed by atoms with Gasteiger partial charge in [-0.1, -0.05) is 140 Å². The van der Waals surface area contributed by atoms with E-state index in [9.17, 15) is 0 Å². The summed E-state index contributed by atoms with van der Waals surface area (Å²) in [6.45, 7) is 10.7. The average Bonchev–Trinajstić information content (AvgIpc) is 4.29. The zero-order chi connectivity index (χ0) is 44.9. The minimum Gasteiger partial charge on any atom is -0.379 e. The highest BCUT2D eigenvalue weighted by atomic mass is 16.6. The van der Waals surface area contributed by atoms with Gasteiger partial charge in [0.25, 0.3) is 5.95 Å². The Labute approximate surface area is 390 Å². The standard InChI is InChI=1S/C56H77N5O4/c1-4-7-10-15-19-44-23-31-48(32-24-44)60(49-33-27-46(28-34-49)21-17-12-13-18-39-62-40-52-41-63-52)55-57-56(59-58-55)61(50-35-25-45(26-36-50)20-16-11-8-5-2)51-37-29-47(30-38-51)54(22-14-9-6-3)65-43-53-42-64-53/h23-38,52-54H,4-22,39-43H2,1-3H3,(H,57,58,59). The molecule has 5 aromatic rings. The maximum Gasteiger partial charge on any atom is 0.255 e. The fraction of sp³-hybridized carbons (Fsp3) is 0.536. The molecule has 2 aliphatic rings. The number of aromatic amines is 1. The number of rotatable bonds is 33. The summed E-state index contributed by atoms with van der Waals surface area (Å²) in [7, 11) is 0. The van der Waals surface area contributed by atoms with Crippen LogP contribution >= 0.6 is 0 Å². The normalized spacial score (nSPS) is 15.9. The van der Waals surface area contributed by atoms with Crippen molar-refractivity contribution < 1.29 is 18.9 Å². The Kier molecular flexibility index (Phi) is 19.8. The fourth-order valence-electron chi connectivity index (χ4n) is 8.58. The molecule has 9 heteroatoms. The van der Waals surface area contributed by atoms with Crippen molar-refractivity contribution in [3.8, 4) is 0 Å². The van der Waals surface area contributed by atoms with Crippen molar-refractivity contribution in [1.82, 2.24) is 15.2 Å². The minimum atomic E-state index is 0.0393. The van der Waals surface area contributed by atoms with Gasteiger partial charge in [0.1, 0.15) is 12.2 Å². The second-order valence-electron chi connectivity index (χ2n) is 18.3. The molecule has 4 aromatic carbocycles. The summed E-state index contributed by atoms with van der Waals surface area (Å²) in [4.78, 5) is 9.70. The number of nitrogens with one attached hydrogen (secondary N) is 1. The Morgan fingerprint density at radius 2 is 0.985 bits per heavy atom. The van der Waals surface area contributed by atoms with Crippen molar-refractivity contribution in [3.63, 3.8) is 0 Å². The molecule has 0 radical (unpaired) electrons. The number of aromatic nitrogens is 3. The quantitative estimate of drug-likeness (QED) is 0.0329. The summed E-state index contributed by atoms with van der Waals surface area (Å²) in [6.07, 6.45) is 23.1. The third-order valence-corrected chi connectivity index (χ3v) is 12.8. The van der Waals surface area contributed by atoms with Crippen LogP contribution in [-0.4, -0.2) is 60.4 Å². The molecular formula is C56H77N5O4. The van der Waals surface area contributed by atoms with Crippen LogP contribution in [0.5, 0.6) is 0 Å². The Hall–Kier alpha value is -4.54. The largest absolute Gasteiger partial charge is 0.379 e. The smallest absolute Gasteiger partial charge is 0.255 e. The Bertz CT molecular complexity index is 2040. The summed E-state index contributed by atoms with van der Waals surface area (Å²) < 4.78 is 22.9. The molecule has 0 spiro atoms. The molecule has 65 heavy (non-hydrogen) atoms. The molecule has 3 unspecified atom stereocenters. The molecule has 0 bridgehead atoms. The predicted octanol–water partition coefficient (Wildman–Crippen LogP) is 14.5. The van der Waals surface area contributed by atoms with E-state index in [1.807, 2.05) is 0 Å². The van der Waals surface area contributed by atoms with Crippen molar-refractivity contribution in [1.29, 1.82) is 0 Å². The molecule has 3 heterocycles. The molecule has 2 fully saturated rings. The van der Waals surface area contributed by atoms with E-state index < -0.39 is 0 Å². The number of anilines is 6. The molecule has 1 N–H and O–H groups in total. The molecule has 0 saturated carbocycles. The summed E-state index contributed by atoms with van der Waals surface area (Å²) in [5.74, 6) is 1.25. The van der Waals surface area contributed by atoms with Gasteiger partial charge in [-0.15, -0.1) is 5.10 Å². The second kappa shape index (κ2) is 26.6. The van der Waals surface area contributed by atoms with E-state index >= 15 is 0 Å². The lowest BCUT2D eigenvalue weighted by Gasteiger charge is -2.24. The number of hydrogen-bond acceptors (Lipinski definition) is 8. The number of ether oxygens (including phenoxy) is 4. The molecule has 350 valence electrons. The lowest BCUT2D eigenvalue weighted by Crippen LogP contribution is -2.14. The first-order valence-corrected chi connectivity index (χ1v) is 25.4. The number of nitrogens with zero attached hydrogens (tertiary/aromatic N) is 4. The summed E-state index contributed by atoms with van der Waals surface area (Å²) in [6, 6.07) is 35.8. The van der Waals surface area contributed by atoms with Crippen molar-refractivity contribution in [2.75, 3.05) is 42.8 Å². The summed E-state index contributed by atoms with van der Waals surface area (Å²) in [5, 5.41) is 8.36. The monoisotopic (exact) mass is 884 g/mol. The molecular weight excluding hydrogens is 807 g/mol. The Morgan fingerprint density at radius 1 is 0.538 bits per heavy atom. The molecule has 0 aliphatic carbocycles. The average molecular weight is 884 g/mol. The molecule has 2 aliphatic heterocycles.